The molecule has 3 N–H and O–H groups in total. The number of H-pyrrole nitrogens is 1. The Morgan fingerprint density at radius 1 is 1.05 bits per heavy atom. The number of hydrogen-bond acceptors (Lipinski definition) is 6. The Morgan fingerprint density at radius 3 is 2.62 bits per heavy atom. The van der Waals surface area contributed by atoms with Crippen LogP contribution in [0.1, 0.15) is 63.0 Å². The summed E-state index contributed by atoms with van der Waals surface area (Å²) in [6.45, 7) is 3.32. The molecule has 12 heteroatoms. The smallest absolute Gasteiger partial charge is 0.280 e. The van der Waals surface area contributed by atoms with E-state index in [-0.39, 0.29) is 48.1 Å². The topological polar surface area (TPSA) is 110 Å². The van der Waals surface area contributed by atoms with Crippen molar-refractivity contribution in [1.29, 1.82) is 0 Å². The Hall–Kier alpha value is -2.66. The summed E-state index contributed by atoms with van der Waals surface area (Å²) in [6.07, 6.45) is 4.68. The second-order valence-corrected chi connectivity index (χ2v) is 12.5. The molecule has 1 saturated heterocycles. The van der Waals surface area contributed by atoms with Crippen LogP contribution in [-0.2, 0) is 17.8 Å². The largest absolute Gasteiger partial charge is 0.351 e. The van der Waals surface area contributed by atoms with Crippen LogP contribution in [0.15, 0.2) is 24.3 Å². The number of benzene rings is 1. The van der Waals surface area contributed by atoms with Gasteiger partial charge in [0.05, 0.1) is 11.7 Å². The standard InChI is InChI=1S/C28H33ClN6O3S.ClH/c1-34-11-8-21-24(15-34)39-27(33-21)26(37)32-22-13-16(28(38)35-9-2-3-10-35)4-6-20(22)31-25(36)23-14-17-12-18(29)5-7-19(17)30-23;/h5,7,12,14,16,20,22,30H,2-4,6,8-11,13,15H2,1H3,(H,31,36)(H,32,37);1H. The number of nitrogens with one attached hydrogen (secondary N) is 3. The Bertz CT molecular complexity index is 1420. The van der Waals surface area contributed by atoms with E-state index in [4.69, 9.17) is 11.6 Å². The monoisotopic (exact) mass is 604 g/mol. The zero-order valence-electron chi connectivity index (χ0n) is 22.4. The van der Waals surface area contributed by atoms with E-state index in [1.807, 2.05) is 17.0 Å². The van der Waals surface area contributed by atoms with Gasteiger partial charge in [-0.1, -0.05) is 11.6 Å². The summed E-state index contributed by atoms with van der Waals surface area (Å²) in [6, 6.07) is 6.53. The maximum absolute atomic E-state index is 13.4. The van der Waals surface area contributed by atoms with Gasteiger partial charge in [-0.3, -0.25) is 14.4 Å². The van der Waals surface area contributed by atoms with Gasteiger partial charge in [0.15, 0.2) is 5.01 Å². The Labute approximate surface area is 248 Å². The SMILES string of the molecule is CN1CCc2nc(C(=O)NC3CC(C(=O)N4CCCC4)CCC3NC(=O)c3cc4cc(Cl)ccc4[nH]3)sc2C1.Cl. The minimum atomic E-state index is -0.380. The lowest BCUT2D eigenvalue weighted by molar-refractivity contribution is -0.135. The number of aromatic nitrogens is 2. The van der Waals surface area contributed by atoms with E-state index in [2.05, 4.69) is 32.5 Å². The molecule has 2 aliphatic heterocycles. The molecule has 0 spiro atoms. The third-order valence-electron chi connectivity index (χ3n) is 8.19. The van der Waals surface area contributed by atoms with Crippen LogP contribution in [0.3, 0.4) is 0 Å². The molecule has 214 valence electrons. The summed E-state index contributed by atoms with van der Waals surface area (Å²) in [7, 11) is 2.07. The number of carbonyl (C=O) groups is 3. The zero-order chi connectivity index (χ0) is 27.1. The molecule has 2 aromatic heterocycles. The van der Waals surface area contributed by atoms with Crippen molar-refractivity contribution < 1.29 is 14.4 Å². The lowest BCUT2D eigenvalue weighted by Gasteiger charge is -2.37. The number of thiazole rings is 1. The number of halogens is 2. The molecule has 9 nitrogen and oxygen atoms in total. The van der Waals surface area contributed by atoms with Crippen LogP contribution in [-0.4, -0.2) is 76.3 Å². The third kappa shape index (κ3) is 6.00. The van der Waals surface area contributed by atoms with Crippen molar-refractivity contribution >= 4 is 64.0 Å². The van der Waals surface area contributed by atoms with E-state index in [1.54, 1.807) is 12.1 Å². The maximum atomic E-state index is 13.4. The summed E-state index contributed by atoms with van der Waals surface area (Å²) in [5, 5.41) is 8.20. The predicted molar refractivity (Wildman–Crippen MR) is 158 cm³/mol. The number of carbonyl (C=O) groups excluding carboxylic acids is 3. The fraction of sp³-hybridized carbons (Fsp3) is 0.500. The molecule has 3 unspecified atom stereocenters. The molecule has 0 radical (unpaired) electrons. The molecule has 1 aromatic carbocycles. The second kappa shape index (κ2) is 12.1. The number of amides is 3. The molecular formula is C28H34Cl2N6O3S. The number of hydrogen-bond donors (Lipinski definition) is 3. The fourth-order valence-corrected chi connectivity index (χ4v) is 7.32. The Morgan fingerprint density at radius 2 is 1.82 bits per heavy atom. The minimum absolute atomic E-state index is 0. The van der Waals surface area contributed by atoms with Gasteiger partial charge in [-0.15, -0.1) is 23.7 Å². The third-order valence-corrected chi connectivity index (χ3v) is 9.51. The van der Waals surface area contributed by atoms with Crippen molar-refractivity contribution in [2.24, 2.45) is 5.92 Å². The molecular weight excluding hydrogens is 571 g/mol. The Balaban J connectivity index is 0.00000323. The highest BCUT2D eigenvalue weighted by Gasteiger charge is 2.38. The number of likely N-dealkylation sites (tertiary alicyclic amines) is 1. The van der Waals surface area contributed by atoms with Crippen LogP contribution in [0.5, 0.6) is 0 Å². The van der Waals surface area contributed by atoms with Crippen LogP contribution < -0.4 is 10.6 Å². The van der Waals surface area contributed by atoms with Gasteiger partial charge in [0.1, 0.15) is 5.69 Å². The molecule has 1 saturated carbocycles. The van der Waals surface area contributed by atoms with Crippen LogP contribution in [0.4, 0.5) is 0 Å². The van der Waals surface area contributed by atoms with Gasteiger partial charge in [-0.05, 0) is 63.4 Å². The van der Waals surface area contributed by atoms with Crippen molar-refractivity contribution in [2.75, 3.05) is 26.7 Å². The van der Waals surface area contributed by atoms with Crippen molar-refractivity contribution in [3.05, 3.63) is 50.6 Å². The number of likely N-dealkylation sites (N-methyl/N-ethyl adjacent to an activating group) is 1. The second-order valence-electron chi connectivity index (χ2n) is 11.0. The number of nitrogens with zero attached hydrogens (tertiary/aromatic N) is 3. The quantitative estimate of drug-likeness (QED) is 0.407. The Kier molecular flexibility index (Phi) is 8.70. The molecule has 3 amide bonds. The van der Waals surface area contributed by atoms with Crippen molar-refractivity contribution in [3.63, 3.8) is 0 Å². The number of aromatic amines is 1. The summed E-state index contributed by atoms with van der Waals surface area (Å²) in [5.74, 6) is -0.494. The average Bonchev–Trinajstić information content (AvgIpc) is 3.68. The average molecular weight is 606 g/mol. The summed E-state index contributed by atoms with van der Waals surface area (Å²) < 4.78 is 0. The van der Waals surface area contributed by atoms with Gasteiger partial charge in [-0.2, -0.15) is 0 Å². The minimum Gasteiger partial charge on any atom is -0.351 e. The number of rotatable bonds is 5. The fourth-order valence-electron chi connectivity index (χ4n) is 6.05. The van der Waals surface area contributed by atoms with E-state index in [0.717, 1.165) is 66.9 Å². The first-order valence-corrected chi connectivity index (χ1v) is 14.9. The summed E-state index contributed by atoms with van der Waals surface area (Å²) in [4.78, 5) is 53.0. The highest BCUT2D eigenvalue weighted by molar-refractivity contribution is 7.13. The molecule has 3 aliphatic rings. The van der Waals surface area contributed by atoms with Crippen molar-refractivity contribution in [2.45, 2.75) is 57.2 Å². The zero-order valence-corrected chi connectivity index (χ0v) is 24.8. The normalized spacial score (nSPS) is 22.9. The van der Waals surface area contributed by atoms with Crippen molar-refractivity contribution in [1.82, 2.24) is 30.4 Å². The van der Waals surface area contributed by atoms with E-state index in [0.29, 0.717) is 35.0 Å². The van der Waals surface area contributed by atoms with E-state index in [9.17, 15) is 14.4 Å². The number of fused-ring (bicyclic) bond motifs is 2. The highest BCUT2D eigenvalue weighted by atomic mass is 35.5. The van der Waals surface area contributed by atoms with Gasteiger partial charge in [0, 0.05) is 65.4 Å². The van der Waals surface area contributed by atoms with Crippen LogP contribution in [0.2, 0.25) is 5.02 Å². The van der Waals surface area contributed by atoms with Crippen LogP contribution in [0, 0.1) is 5.92 Å². The van der Waals surface area contributed by atoms with Gasteiger partial charge >= 0.3 is 0 Å². The summed E-state index contributed by atoms with van der Waals surface area (Å²) in [5.41, 5.74) is 2.26. The van der Waals surface area contributed by atoms with Gasteiger partial charge in [0.25, 0.3) is 11.8 Å². The molecule has 2 fully saturated rings. The maximum Gasteiger partial charge on any atom is 0.280 e. The lowest BCUT2D eigenvalue weighted by atomic mass is 9.81. The lowest BCUT2D eigenvalue weighted by Crippen LogP contribution is -2.56. The predicted octanol–water partition coefficient (Wildman–Crippen LogP) is 4.01. The van der Waals surface area contributed by atoms with Gasteiger partial charge < -0.3 is 25.4 Å². The molecule has 1 aliphatic carbocycles. The molecule has 40 heavy (non-hydrogen) atoms. The van der Waals surface area contributed by atoms with Crippen LogP contribution >= 0.6 is 35.3 Å². The first kappa shape index (κ1) is 28.9. The molecule has 0 bridgehead atoms. The molecule has 4 heterocycles. The highest BCUT2D eigenvalue weighted by Crippen LogP contribution is 2.30. The van der Waals surface area contributed by atoms with Crippen molar-refractivity contribution in [3.8, 4) is 0 Å². The molecule has 6 rings (SSSR count). The van der Waals surface area contributed by atoms with Crippen LogP contribution in [0.25, 0.3) is 10.9 Å². The van der Waals surface area contributed by atoms with E-state index >= 15 is 0 Å². The van der Waals surface area contributed by atoms with Gasteiger partial charge in [-0.25, -0.2) is 4.98 Å². The summed E-state index contributed by atoms with van der Waals surface area (Å²) >= 11 is 7.55. The van der Waals surface area contributed by atoms with E-state index in [1.165, 1.54) is 11.3 Å². The van der Waals surface area contributed by atoms with E-state index < -0.39 is 0 Å². The first-order chi connectivity index (χ1) is 18.8. The molecule has 3 aromatic rings. The first-order valence-electron chi connectivity index (χ1n) is 13.7. The molecule has 3 atom stereocenters. The van der Waals surface area contributed by atoms with Gasteiger partial charge in [0.2, 0.25) is 5.91 Å².